The van der Waals surface area contributed by atoms with Gasteiger partial charge in [0.15, 0.2) is 0 Å². The minimum atomic E-state index is -1.51. The van der Waals surface area contributed by atoms with Crippen molar-refractivity contribution in [3.05, 3.63) is 33.9 Å². The Bertz CT molecular complexity index is 768. The van der Waals surface area contributed by atoms with Crippen LogP contribution in [0.15, 0.2) is 6.07 Å². The van der Waals surface area contributed by atoms with Gasteiger partial charge in [-0.05, 0) is 42.9 Å². The van der Waals surface area contributed by atoms with Gasteiger partial charge >= 0.3 is 17.9 Å². The van der Waals surface area contributed by atoms with Crippen LogP contribution in [0, 0.1) is 0 Å². The van der Waals surface area contributed by atoms with Crippen molar-refractivity contribution in [2.45, 2.75) is 117 Å². The Hall–Kier alpha value is -2.37. The molecule has 6 heteroatoms. The van der Waals surface area contributed by atoms with Gasteiger partial charge in [-0.1, -0.05) is 90.9 Å². The molecule has 0 heterocycles. The van der Waals surface area contributed by atoms with Gasteiger partial charge in [-0.25, -0.2) is 14.4 Å². The van der Waals surface area contributed by atoms with Crippen LogP contribution < -0.4 is 0 Å². The number of unbranched alkanes of at least 4 members (excludes halogenated alkanes) is 12. The van der Waals surface area contributed by atoms with Crippen LogP contribution >= 0.6 is 0 Å². The second kappa shape index (κ2) is 16.3. The molecule has 0 spiro atoms. The molecule has 0 aliphatic heterocycles. The molecule has 0 aliphatic carbocycles. The maximum atomic E-state index is 12.1. The predicted octanol–water partition coefficient (Wildman–Crippen LogP) is 7.37. The van der Waals surface area contributed by atoms with Gasteiger partial charge in [-0.3, -0.25) is 0 Å². The highest BCUT2D eigenvalue weighted by Gasteiger charge is 2.29. The number of hydrogen-bond acceptors (Lipinski definition) is 3. The van der Waals surface area contributed by atoms with Crippen LogP contribution in [-0.4, -0.2) is 33.2 Å². The number of benzene rings is 1. The number of aromatic carboxylic acids is 3. The molecule has 0 unspecified atom stereocenters. The van der Waals surface area contributed by atoms with Gasteiger partial charge in [-0.2, -0.15) is 0 Å². The molecule has 33 heavy (non-hydrogen) atoms. The normalized spacial score (nSPS) is 11.0. The van der Waals surface area contributed by atoms with Crippen LogP contribution in [0.4, 0.5) is 0 Å². The maximum absolute atomic E-state index is 12.1. The maximum Gasteiger partial charge on any atom is 0.337 e. The molecule has 0 radical (unpaired) electrons. The van der Waals surface area contributed by atoms with E-state index in [1.807, 2.05) is 0 Å². The summed E-state index contributed by atoms with van der Waals surface area (Å²) in [5.41, 5.74) is -0.192. The Labute approximate surface area is 198 Å². The van der Waals surface area contributed by atoms with Gasteiger partial charge < -0.3 is 15.3 Å². The molecule has 0 aliphatic rings. The zero-order chi connectivity index (χ0) is 24.6. The summed E-state index contributed by atoms with van der Waals surface area (Å²) in [4.78, 5) is 35.7. The zero-order valence-electron chi connectivity index (χ0n) is 20.5. The molecule has 1 rings (SSSR count). The smallest absolute Gasteiger partial charge is 0.337 e. The molecule has 0 saturated carbocycles. The summed E-state index contributed by atoms with van der Waals surface area (Å²) in [5.74, 6) is -4.28. The minimum Gasteiger partial charge on any atom is -0.478 e. The zero-order valence-corrected chi connectivity index (χ0v) is 20.5. The monoisotopic (exact) mass is 462 g/mol. The number of carboxylic acid groups (broad SMARTS) is 3. The van der Waals surface area contributed by atoms with E-state index >= 15 is 0 Å². The van der Waals surface area contributed by atoms with Gasteiger partial charge in [0.1, 0.15) is 0 Å². The Morgan fingerprint density at radius 3 is 1.42 bits per heavy atom. The Balaban J connectivity index is 3.07. The molecule has 186 valence electrons. The lowest BCUT2D eigenvalue weighted by Crippen LogP contribution is -2.19. The molecular formula is C27H42O6. The average molecular weight is 463 g/mol. The molecule has 1 aromatic carbocycles. The first-order valence-corrected chi connectivity index (χ1v) is 12.7. The molecule has 0 aromatic heterocycles. The summed E-state index contributed by atoms with van der Waals surface area (Å²) < 4.78 is 0. The highest BCUT2D eigenvalue weighted by atomic mass is 16.4. The number of carboxylic acids is 3. The van der Waals surface area contributed by atoms with Crippen molar-refractivity contribution in [3.63, 3.8) is 0 Å². The number of aryl methyl sites for hydroxylation is 1. The molecule has 0 saturated heterocycles. The molecule has 0 amide bonds. The van der Waals surface area contributed by atoms with E-state index in [-0.39, 0.29) is 5.56 Å². The number of carbonyl (C=O) groups is 3. The van der Waals surface area contributed by atoms with Gasteiger partial charge in [0.25, 0.3) is 0 Å². The van der Waals surface area contributed by atoms with Gasteiger partial charge in [0, 0.05) is 0 Å². The quantitative estimate of drug-likeness (QED) is 0.185. The van der Waals surface area contributed by atoms with Crippen LogP contribution in [0.25, 0.3) is 0 Å². The van der Waals surface area contributed by atoms with E-state index in [0.29, 0.717) is 24.0 Å². The van der Waals surface area contributed by atoms with Crippen LogP contribution in [0.2, 0.25) is 0 Å². The summed E-state index contributed by atoms with van der Waals surface area (Å²) in [6, 6.07) is 1.41. The van der Waals surface area contributed by atoms with E-state index in [0.717, 1.165) is 51.4 Å². The van der Waals surface area contributed by atoms with Crippen molar-refractivity contribution in [2.24, 2.45) is 0 Å². The number of hydrogen-bond donors (Lipinski definition) is 3. The molecule has 1 aromatic rings. The first kappa shape index (κ1) is 28.7. The number of rotatable bonds is 19. The standard InChI is InChI=1S/C27H42O6/c1-3-5-7-9-11-13-15-17-20-19-22(25(28)29)24(27(32)33)23(26(30)31)21(20)18-16-14-12-10-8-6-4-2/h19H,3-18H2,1-2H3,(H,28,29)(H,30,31)(H,32,33). The molecule has 0 atom stereocenters. The topological polar surface area (TPSA) is 112 Å². The van der Waals surface area contributed by atoms with E-state index in [9.17, 15) is 29.7 Å². The third-order valence-electron chi connectivity index (χ3n) is 6.27. The van der Waals surface area contributed by atoms with Crippen molar-refractivity contribution < 1.29 is 29.7 Å². The van der Waals surface area contributed by atoms with Gasteiger partial charge in [0.2, 0.25) is 0 Å². The van der Waals surface area contributed by atoms with E-state index in [4.69, 9.17) is 0 Å². The highest BCUT2D eigenvalue weighted by molar-refractivity contribution is 6.10. The minimum absolute atomic E-state index is 0.341. The lowest BCUT2D eigenvalue weighted by molar-refractivity contribution is 0.0632. The lowest BCUT2D eigenvalue weighted by Gasteiger charge is -2.17. The predicted molar refractivity (Wildman–Crippen MR) is 131 cm³/mol. The summed E-state index contributed by atoms with van der Waals surface area (Å²) >= 11 is 0. The van der Waals surface area contributed by atoms with Gasteiger partial charge in [-0.15, -0.1) is 0 Å². The molecule has 6 nitrogen and oxygen atoms in total. The first-order chi connectivity index (χ1) is 15.8. The van der Waals surface area contributed by atoms with Crippen molar-refractivity contribution in [1.82, 2.24) is 0 Å². The Kier molecular flexibility index (Phi) is 14.1. The largest absolute Gasteiger partial charge is 0.478 e. The van der Waals surface area contributed by atoms with Crippen molar-refractivity contribution in [1.29, 1.82) is 0 Å². The van der Waals surface area contributed by atoms with E-state index < -0.39 is 29.0 Å². The second-order valence-electron chi connectivity index (χ2n) is 8.97. The summed E-state index contributed by atoms with van der Waals surface area (Å²) in [6.45, 7) is 4.34. The molecule has 3 N–H and O–H groups in total. The summed E-state index contributed by atoms with van der Waals surface area (Å²) in [5, 5.41) is 29.1. The summed E-state index contributed by atoms with van der Waals surface area (Å²) in [6.07, 6.45) is 16.2. The SMILES string of the molecule is CCCCCCCCCc1cc(C(=O)O)c(C(=O)O)c(C(=O)O)c1CCCCCCCCC. The lowest BCUT2D eigenvalue weighted by atomic mass is 9.86. The highest BCUT2D eigenvalue weighted by Crippen LogP contribution is 2.28. The van der Waals surface area contributed by atoms with Crippen LogP contribution in [0.3, 0.4) is 0 Å². The van der Waals surface area contributed by atoms with Crippen molar-refractivity contribution in [3.8, 4) is 0 Å². The van der Waals surface area contributed by atoms with Gasteiger partial charge in [0.05, 0.1) is 16.7 Å². The van der Waals surface area contributed by atoms with Crippen LogP contribution in [-0.2, 0) is 12.8 Å². The average Bonchev–Trinajstić information content (AvgIpc) is 2.77. The molecular weight excluding hydrogens is 420 g/mol. The third kappa shape index (κ3) is 9.97. The fraction of sp³-hybridized carbons (Fsp3) is 0.667. The van der Waals surface area contributed by atoms with Crippen molar-refractivity contribution in [2.75, 3.05) is 0 Å². The molecule has 0 fully saturated rings. The summed E-state index contributed by atoms with van der Waals surface area (Å²) in [7, 11) is 0. The van der Waals surface area contributed by atoms with Crippen molar-refractivity contribution >= 4 is 17.9 Å². The van der Waals surface area contributed by atoms with E-state index in [1.165, 1.54) is 44.6 Å². The third-order valence-corrected chi connectivity index (χ3v) is 6.27. The van der Waals surface area contributed by atoms with Crippen LogP contribution in [0.5, 0.6) is 0 Å². The first-order valence-electron chi connectivity index (χ1n) is 12.7. The Morgan fingerprint density at radius 1 is 0.576 bits per heavy atom. The van der Waals surface area contributed by atoms with E-state index in [2.05, 4.69) is 13.8 Å². The van der Waals surface area contributed by atoms with Crippen LogP contribution in [0.1, 0.15) is 146 Å². The fourth-order valence-corrected chi connectivity index (χ4v) is 4.45. The molecule has 0 bridgehead atoms. The fourth-order valence-electron chi connectivity index (χ4n) is 4.45. The van der Waals surface area contributed by atoms with E-state index in [1.54, 1.807) is 0 Å². The second-order valence-corrected chi connectivity index (χ2v) is 8.97. The Morgan fingerprint density at radius 2 is 1.00 bits per heavy atom.